The minimum absolute atomic E-state index is 0.388. The van der Waals surface area contributed by atoms with E-state index in [1.165, 1.54) is 4.88 Å². The molecule has 0 saturated heterocycles. The largest absolute Gasteiger partial charge is 0.385 e. The first-order chi connectivity index (χ1) is 8.19. The second-order valence-electron chi connectivity index (χ2n) is 4.09. The van der Waals surface area contributed by atoms with Gasteiger partial charge in [-0.15, -0.1) is 11.3 Å². The van der Waals surface area contributed by atoms with E-state index in [9.17, 15) is 0 Å². The third kappa shape index (κ3) is 4.61. The average Bonchev–Trinajstić information content (AvgIpc) is 2.79. The van der Waals surface area contributed by atoms with Gasteiger partial charge < -0.3 is 15.0 Å². The summed E-state index contributed by atoms with van der Waals surface area (Å²) in [5, 5.41) is 4.48. The number of hydrogen-bond donors (Lipinski definition) is 1. The molecule has 0 aliphatic heterocycles. The zero-order valence-corrected chi connectivity index (χ0v) is 12.0. The van der Waals surface area contributed by atoms with Crippen LogP contribution in [0.15, 0.2) is 6.20 Å². The molecular formula is C12H23N3OS. The van der Waals surface area contributed by atoms with Gasteiger partial charge in [-0.3, -0.25) is 0 Å². The molecule has 5 heteroatoms. The van der Waals surface area contributed by atoms with Gasteiger partial charge in [-0.05, 0) is 19.9 Å². The molecule has 1 atom stereocenters. The number of anilines is 1. The minimum Gasteiger partial charge on any atom is -0.385 e. The number of nitrogens with zero attached hydrogens (tertiary/aromatic N) is 2. The Labute approximate surface area is 108 Å². The number of nitrogens with one attached hydrogen (secondary N) is 1. The molecule has 4 nitrogen and oxygen atoms in total. The summed E-state index contributed by atoms with van der Waals surface area (Å²) in [6.07, 6.45) is 3.00. The van der Waals surface area contributed by atoms with Gasteiger partial charge in [0.05, 0.1) is 0 Å². The molecule has 0 aromatic carbocycles. The van der Waals surface area contributed by atoms with Gasteiger partial charge >= 0.3 is 0 Å². The molecule has 0 aliphatic carbocycles. The quantitative estimate of drug-likeness (QED) is 0.725. The van der Waals surface area contributed by atoms with Gasteiger partial charge in [0.15, 0.2) is 5.13 Å². The maximum Gasteiger partial charge on any atom is 0.185 e. The lowest BCUT2D eigenvalue weighted by molar-refractivity contribution is 0.196. The summed E-state index contributed by atoms with van der Waals surface area (Å²) < 4.78 is 5.05. The standard InChI is InChI=1S/C12H23N3OS/c1-5-13-10(2)11-9-14-12(17-11)15(3)7-6-8-16-4/h9-10,13H,5-8H2,1-4H3. The maximum atomic E-state index is 5.05. The molecule has 17 heavy (non-hydrogen) atoms. The van der Waals surface area contributed by atoms with Crippen molar-refractivity contribution in [3.63, 3.8) is 0 Å². The van der Waals surface area contributed by atoms with Crippen molar-refractivity contribution in [1.82, 2.24) is 10.3 Å². The van der Waals surface area contributed by atoms with Crippen LogP contribution in [0.5, 0.6) is 0 Å². The molecule has 1 heterocycles. The molecule has 0 radical (unpaired) electrons. The van der Waals surface area contributed by atoms with Crippen molar-refractivity contribution in [2.24, 2.45) is 0 Å². The van der Waals surface area contributed by atoms with Crippen LogP contribution in [0.2, 0.25) is 0 Å². The Kier molecular flexibility index (Phi) is 6.47. The number of hydrogen-bond acceptors (Lipinski definition) is 5. The fraction of sp³-hybridized carbons (Fsp3) is 0.750. The highest BCUT2D eigenvalue weighted by atomic mass is 32.1. The number of methoxy groups -OCH3 is 1. The molecule has 0 aliphatic rings. The van der Waals surface area contributed by atoms with E-state index in [-0.39, 0.29) is 0 Å². The average molecular weight is 257 g/mol. The van der Waals surface area contributed by atoms with Crippen molar-refractivity contribution in [2.45, 2.75) is 26.3 Å². The van der Waals surface area contributed by atoms with Gasteiger partial charge in [0, 0.05) is 44.4 Å². The van der Waals surface area contributed by atoms with E-state index in [2.05, 4.69) is 36.1 Å². The molecule has 1 N–H and O–H groups in total. The third-order valence-electron chi connectivity index (χ3n) is 2.62. The molecule has 0 fully saturated rings. The predicted molar refractivity (Wildman–Crippen MR) is 74.0 cm³/mol. The Hall–Kier alpha value is -0.650. The second kappa shape index (κ2) is 7.63. The summed E-state index contributed by atoms with van der Waals surface area (Å²) in [7, 11) is 3.82. The highest BCUT2D eigenvalue weighted by Crippen LogP contribution is 2.26. The zero-order valence-electron chi connectivity index (χ0n) is 11.2. The summed E-state index contributed by atoms with van der Waals surface area (Å²) in [6, 6.07) is 0.388. The van der Waals surface area contributed by atoms with E-state index in [1.807, 2.05) is 6.20 Å². The smallest absolute Gasteiger partial charge is 0.185 e. The van der Waals surface area contributed by atoms with Gasteiger partial charge in [-0.25, -0.2) is 4.98 Å². The van der Waals surface area contributed by atoms with Crippen LogP contribution in [-0.2, 0) is 4.74 Å². The van der Waals surface area contributed by atoms with Crippen molar-refractivity contribution < 1.29 is 4.74 Å². The Bertz CT molecular complexity index is 316. The summed E-state index contributed by atoms with van der Waals surface area (Å²) in [5.41, 5.74) is 0. The first kappa shape index (κ1) is 14.4. The molecule has 1 rings (SSSR count). The van der Waals surface area contributed by atoms with Gasteiger partial charge in [0.1, 0.15) is 0 Å². The minimum atomic E-state index is 0.388. The Morgan fingerprint density at radius 3 is 3.00 bits per heavy atom. The first-order valence-corrected chi connectivity index (χ1v) is 6.89. The van der Waals surface area contributed by atoms with Gasteiger partial charge in [-0.1, -0.05) is 6.92 Å². The molecule has 0 bridgehead atoms. The maximum absolute atomic E-state index is 5.05. The predicted octanol–water partition coefficient (Wildman–Crippen LogP) is 2.29. The van der Waals surface area contributed by atoms with Crippen molar-refractivity contribution in [3.8, 4) is 0 Å². The van der Waals surface area contributed by atoms with Crippen LogP contribution in [0, 0.1) is 0 Å². The lowest BCUT2D eigenvalue weighted by Gasteiger charge is -2.15. The molecule has 0 spiro atoms. The molecule has 1 aromatic heterocycles. The van der Waals surface area contributed by atoms with Crippen molar-refractivity contribution in [3.05, 3.63) is 11.1 Å². The van der Waals surface area contributed by atoms with E-state index in [4.69, 9.17) is 4.74 Å². The van der Waals surface area contributed by atoms with E-state index in [0.717, 1.165) is 31.2 Å². The molecule has 0 saturated carbocycles. The summed E-state index contributed by atoms with van der Waals surface area (Å²) >= 11 is 1.76. The van der Waals surface area contributed by atoms with Crippen LogP contribution >= 0.6 is 11.3 Å². The van der Waals surface area contributed by atoms with Crippen molar-refractivity contribution >= 4 is 16.5 Å². The third-order valence-corrected chi connectivity index (χ3v) is 3.91. The monoisotopic (exact) mass is 257 g/mol. The van der Waals surface area contributed by atoms with Gasteiger partial charge in [0.25, 0.3) is 0 Å². The normalized spacial score (nSPS) is 12.7. The van der Waals surface area contributed by atoms with E-state index in [1.54, 1.807) is 18.4 Å². The molecule has 1 unspecified atom stereocenters. The Morgan fingerprint density at radius 2 is 2.35 bits per heavy atom. The van der Waals surface area contributed by atoms with E-state index >= 15 is 0 Å². The van der Waals surface area contributed by atoms with Crippen LogP contribution in [0.3, 0.4) is 0 Å². The Balaban J connectivity index is 2.48. The van der Waals surface area contributed by atoms with Crippen LogP contribution in [0.4, 0.5) is 5.13 Å². The lowest BCUT2D eigenvalue weighted by atomic mass is 10.3. The highest BCUT2D eigenvalue weighted by Gasteiger charge is 2.11. The van der Waals surface area contributed by atoms with Crippen molar-refractivity contribution in [2.75, 3.05) is 38.8 Å². The topological polar surface area (TPSA) is 37.4 Å². The molecular weight excluding hydrogens is 234 g/mol. The second-order valence-corrected chi connectivity index (χ2v) is 5.13. The summed E-state index contributed by atoms with van der Waals surface area (Å²) in [4.78, 5) is 7.94. The molecule has 0 amide bonds. The zero-order chi connectivity index (χ0) is 12.7. The first-order valence-electron chi connectivity index (χ1n) is 6.08. The number of rotatable bonds is 8. The molecule has 1 aromatic rings. The fourth-order valence-corrected chi connectivity index (χ4v) is 2.53. The number of ether oxygens (including phenoxy) is 1. The SMILES string of the molecule is CCNC(C)c1cnc(N(C)CCCOC)s1. The fourth-order valence-electron chi connectivity index (χ4n) is 1.60. The van der Waals surface area contributed by atoms with E-state index in [0.29, 0.717) is 6.04 Å². The summed E-state index contributed by atoms with van der Waals surface area (Å²) in [5.74, 6) is 0. The van der Waals surface area contributed by atoms with Gasteiger partial charge in [-0.2, -0.15) is 0 Å². The number of thiazole rings is 1. The van der Waals surface area contributed by atoms with Crippen LogP contribution in [-0.4, -0.2) is 38.8 Å². The lowest BCUT2D eigenvalue weighted by Crippen LogP contribution is -2.19. The van der Waals surface area contributed by atoms with Crippen LogP contribution < -0.4 is 10.2 Å². The summed E-state index contributed by atoms with van der Waals surface area (Å²) in [6.45, 7) is 7.06. The van der Waals surface area contributed by atoms with Crippen molar-refractivity contribution in [1.29, 1.82) is 0 Å². The van der Waals surface area contributed by atoms with E-state index < -0.39 is 0 Å². The Morgan fingerprint density at radius 1 is 1.59 bits per heavy atom. The van der Waals surface area contributed by atoms with Gasteiger partial charge in [0.2, 0.25) is 0 Å². The van der Waals surface area contributed by atoms with Crippen LogP contribution in [0.1, 0.15) is 31.2 Å². The van der Waals surface area contributed by atoms with Crippen LogP contribution in [0.25, 0.3) is 0 Å². The molecule has 98 valence electrons. The highest BCUT2D eigenvalue weighted by molar-refractivity contribution is 7.15. The number of aromatic nitrogens is 1.